The van der Waals surface area contributed by atoms with Crippen LogP contribution in [0.25, 0.3) is 11.3 Å². The molecule has 2 aromatic rings. The van der Waals surface area contributed by atoms with Crippen molar-refractivity contribution < 1.29 is 9.47 Å². The minimum Gasteiger partial charge on any atom is -0.347 e. The van der Waals surface area contributed by atoms with Gasteiger partial charge in [-0.1, -0.05) is 33.6 Å². The van der Waals surface area contributed by atoms with Gasteiger partial charge in [-0.3, -0.25) is 5.10 Å². The standard InChI is InChI=1S/C14H16BrClN2O2/c1-3-19-14(20-4-2)13-8-12(17-18-13)10-6-5-9(15)7-11(10)16/h5-8,14H,3-4H2,1-2H3,(H,17,18). The summed E-state index contributed by atoms with van der Waals surface area (Å²) >= 11 is 9.61. The molecule has 20 heavy (non-hydrogen) atoms. The van der Waals surface area contributed by atoms with Gasteiger partial charge in [-0.15, -0.1) is 0 Å². The maximum Gasteiger partial charge on any atom is 0.200 e. The van der Waals surface area contributed by atoms with Crippen LogP contribution in [0.2, 0.25) is 5.02 Å². The molecule has 0 radical (unpaired) electrons. The van der Waals surface area contributed by atoms with Gasteiger partial charge in [-0.05, 0) is 32.0 Å². The number of H-pyrrole nitrogens is 1. The number of ether oxygens (including phenoxy) is 2. The van der Waals surface area contributed by atoms with Gasteiger partial charge in [0, 0.05) is 23.2 Å². The molecule has 0 aliphatic carbocycles. The molecule has 1 aromatic carbocycles. The van der Waals surface area contributed by atoms with Gasteiger partial charge < -0.3 is 9.47 Å². The number of benzene rings is 1. The highest BCUT2D eigenvalue weighted by Crippen LogP contribution is 2.31. The van der Waals surface area contributed by atoms with E-state index in [1.807, 2.05) is 38.1 Å². The van der Waals surface area contributed by atoms with E-state index in [1.54, 1.807) is 0 Å². The van der Waals surface area contributed by atoms with Crippen LogP contribution in [0.15, 0.2) is 28.7 Å². The Morgan fingerprint density at radius 2 is 1.95 bits per heavy atom. The fraction of sp³-hybridized carbons (Fsp3) is 0.357. The van der Waals surface area contributed by atoms with Crippen molar-refractivity contribution >= 4 is 27.5 Å². The van der Waals surface area contributed by atoms with Crippen LogP contribution in [-0.2, 0) is 9.47 Å². The lowest BCUT2D eigenvalue weighted by Crippen LogP contribution is -2.09. The van der Waals surface area contributed by atoms with Crippen molar-refractivity contribution in [3.8, 4) is 11.3 Å². The van der Waals surface area contributed by atoms with Crippen LogP contribution in [0, 0.1) is 0 Å². The maximum atomic E-state index is 6.23. The Bertz CT molecular complexity index is 568. The van der Waals surface area contributed by atoms with Gasteiger partial charge in [0.1, 0.15) is 0 Å². The van der Waals surface area contributed by atoms with E-state index >= 15 is 0 Å². The van der Waals surface area contributed by atoms with E-state index < -0.39 is 6.29 Å². The Labute approximate surface area is 131 Å². The highest BCUT2D eigenvalue weighted by Gasteiger charge is 2.16. The Hall–Kier alpha value is -0.880. The predicted octanol–water partition coefficient (Wildman–Crippen LogP) is 4.56. The first-order chi connectivity index (χ1) is 9.65. The number of nitrogens with one attached hydrogen (secondary N) is 1. The summed E-state index contributed by atoms with van der Waals surface area (Å²) in [6, 6.07) is 7.58. The minimum absolute atomic E-state index is 0.430. The molecule has 0 saturated heterocycles. The van der Waals surface area contributed by atoms with Crippen LogP contribution in [0.5, 0.6) is 0 Å². The minimum atomic E-state index is -0.430. The first kappa shape index (κ1) is 15.5. The van der Waals surface area contributed by atoms with Gasteiger partial charge in [-0.25, -0.2) is 0 Å². The number of halogens is 2. The van der Waals surface area contributed by atoms with E-state index in [0.29, 0.717) is 18.2 Å². The van der Waals surface area contributed by atoms with Crippen molar-refractivity contribution in [3.05, 3.63) is 39.5 Å². The fourth-order valence-corrected chi connectivity index (χ4v) is 2.59. The summed E-state index contributed by atoms with van der Waals surface area (Å²) in [5.41, 5.74) is 2.41. The number of hydrogen-bond acceptors (Lipinski definition) is 3. The molecule has 0 aliphatic heterocycles. The van der Waals surface area contributed by atoms with Crippen molar-refractivity contribution in [2.75, 3.05) is 13.2 Å². The number of nitrogens with zero attached hydrogens (tertiary/aromatic N) is 1. The molecule has 1 aromatic heterocycles. The monoisotopic (exact) mass is 358 g/mol. The molecule has 0 unspecified atom stereocenters. The normalized spacial score (nSPS) is 11.2. The largest absolute Gasteiger partial charge is 0.347 e. The SMILES string of the molecule is CCOC(OCC)c1cc(-c2ccc(Br)cc2Cl)n[nH]1. The molecule has 0 fully saturated rings. The van der Waals surface area contributed by atoms with E-state index in [4.69, 9.17) is 21.1 Å². The molecule has 0 aliphatic rings. The van der Waals surface area contributed by atoms with Crippen LogP contribution in [0.3, 0.4) is 0 Å². The molecule has 6 heteroatoms. The van der Waals surface area contributed by atoms with E-state index in [1.165, 1.54) is 0 Å². The average Bonchev–Trinajstić information content (AvgIpc) is 2.88. The van der Waals surface area contributed by atoms with Crippen LogP contribution in [-0.4, -0.2) is 23.4 Å². The summed E-state index contributed by atoms with van der Waals surface area (Å²) in [6.07, 6.45) is -0.430. The molecule has 1 N–H and O–H groups in total. The zero-order valence-electron chi connectivity index (χ0n) is 11.3. The number of aromatic amines is 1. The van der Waals surface area contributed by atoms with Gasteiger partial charge >= 0.3 is 0 Å². The van der Waals surface area contributed by atoms with Gasteiger partial charge in [0.2, 0.25) is 0 Å². The molecule has 0 atom stereocenters. The van der Waals surface area contributed by atoms with Crippen LogP contribution < -0.4 is 0 Å². The number of rotatable bonds is 6. The van der Waals surface area contributed by atoms with Crippen molar-refractivity contribution in [1.82, 2.24) is 10.2 Å². The molecule has 2 rings (SSSR count). The van der Waals surface area contributed by atoms with Crippen molar-refractivity contribution in [2.24, 2.45) is 0 Å². The van der Waals surface area contributed by atoms with Crippen molar-refractivity contribution in [3.63, 3.8) is 0 Å². The zero-order valence-corrected chi connectivity index (χ0v) is 13.7. The number of aromatic nitrogens is 2. The first-order valence-corrected chi connectivity index (χ1v) is 7.56. The number of hydrogen-bond donors (Lipinski definition) is 1. The van der Waals surface area contributed by atoms with Gasteiger partial charge in [0.05, 0.1) is 16.4 Å². The van der Waals surface area contributed by atoms with Crippen molar-refractivity contribution in [2.45, 2.75) is 20.1 Å². The summed E-state index contributed by atoms with van der Waals surface area (Å²) in [5, 5.41) is 7.86. The summed E-state index contributed by atoms with van der Waals surface area (Å²) in [5.74, 6) is 0. The lowest BCUT2D eigenvalue weighted by Gasteiger charge is -2.14. The van der Waals surface area contributed by atoms with Gasteiger partial charge in [0.25, 0.3) is 0 Å². The lowest BCUT2D eigenvalue weighted by molar-refractivity contribution is -0.142. The van der Waals surface area contributed by atoms with Crippen LogP contribution >= 0.6 is 27.5 Å². The summed E-state index contributed by atoms with van der Waals surface area (Å²) in [6.45, 7) is 4.99. The van der Waals surface area contributed by atoms with Crippen LogP contribution in [0.1, 0.15) is 25.8 Å². The third-order valence-electron chi connectivity index (χ3n) is 2.69. The Morgan fingerprint density at radius 1 is 1.25 bits per heavy atom. The first-order valence-electron chi connectivity index (χ1n) is 6.39. The van der Waals surface area contributed by atoms with Gasteiger partial charge in [0.15, 0.2) is 6.29 Å². The van der Waals surface area contributed by atoms with Crippen LogP contribution in [0.4, 0.5) is 0 Å². The second kappa shape index (κ2) is 7.22. The van der Waals surface area contributed by atoms with E-state index in [2.05, 4.69) is 26.1 Å². The molecule has 0 saturated carbocycles. The summed E-state index contributed by atoms with van der Waals surface area (Å²) in [7, 11) is 0. The second-order valence-electron chi connectivity index (χ2n) is 4.08. The molecular formula is C14H16BrClN2O2. The highest BCUT2D eigenvalue weighted by atomic mass is 79.9. The highest BCUT2D eigenvalue weighted by molar-refractivity contribution is 9.10. The molecule has 0 bridgehead atoms. The fourth-order valence-electron chi connectivity index (χ4n) is 1.82. The maximum absolute atomic E-state index is 6.23. The van der Waals surface area contributed by atoms with E-state index in [-0.39, 0.29) is 0 Å². The molecule has 4 nitrogen and oxygen atoms in total. The van der Waals surface area contributed by atoms with Gasteiger partial charge in [-0.2, -0.15) is 5.10 Å². The third kappa shape index (κ3) is 3.61. The lowest BCUT2D eigenvalue weighted by atomic mass is 10.1. The average molecular weight is 360 g/mol. The molecular weight excluding hydrogens is 344 g/mol. The Kier molecular flexibility index (Phi) is 5.60. The second-order valence-corrected chi connectivity index (χ2v) is 5.40. The predicted molar refractivity (Wildman–Crippen MR) is 82.7 cm³/mol. The molecule has 0 amide bonds. The Morgan fingerprint density at radius 3 is 2.55 bits per heavy atom. The molecule has 1 heterocycles. The smallest absolute Gasteiger partial charge is 0.200 e. The van der Waals surface area contributed by atoms with E-state index in [9.17, 15) is 0 Å². The third-order valence-corrected chi connectivity index (χ3v) is 3.50. The zero-order chi connectivity index (χ0) is 14.5. The molecule has 108 valence electrons. The summed E-state index contributed by atoms with van der Waals surface area (Å²) in [4.78, 5) is 0. The topological polar surface area (TPSA) is 47.1 Å². The molecule has 0 spiro atoms. The Balaban J connectivity index is 2.27. The van der Waals surface area contributed by atoms with E-state index in [0.717, 1.165) is 21.4 Å². The summed E-state index contributed by atoms with van der Waals surface area (Å²) < 4.78 is 12.0. The van der Waals surface area contributed by atoms with Crippen molar-refractivity contribution in [1.29, 1.82) is 0 Å². The quantitative estimate of drug-likeness (QED) is 0.769.